The highest BCUT2D eigenvalue weighted by molar-refractivity contribution is 7.09. The third-order valence-corrected chi connectivity index (χ3v) is 3.12. The maximum absolute atomic E-state index is 11.6. The van der Waals surface area contributed by atoms with Gasteiger partial charge >= 0.3 is 5.97 Å². The zero-order chi connectivity index (χ0) is 12.1. The minimum absolute atomic E-state index is 0.367. The number of carbonyl (C=O) groups excluding carboxylic acids is 1. The Kier molecular flexibility index (Phi) is 3.72. The molecule has 2 rings (SSSR count). The number of hydrogen-bond donors (Lipinski definition) is 1. The summed E-state index contributed by atoms with van der Waals surface area (Å²) >= 11 is 1.65. The number of nitrogens with two attached hydrogens (primary N) is 1. The van der Waals surface area contributed by atoms with Gasteiger partial charge in [-0.2, -0.15) is 0 Å². The SMILES string of the molecule is Nc1ccc(C(=O)OCCc2cccs2)cn1. The molecule has 17 heavy (non-hydrogen) atoms. The molecule has 2 aromatic heterocycles. The van der Waals surface area contributed by atoms with Crippen molar-refractivity contribution in [3.05, 3.63) is 46.3 Å². The Morgan fingerprint density at radius 1 is 1.41 bits per heavy atom. The maximum Gasteiger partial charge on any atom is 0.339 e. The number of carbonyl (C=O) groups is 1. The summed E-state index contributed by atoms with van der Waals surface area (Å²) in [5.41, 5.74) is 5.85. The van der Waals surface area contributed by atoms with E-state index in [1.54, 1.807) is 23.5 Å². The van der Waals surface area contributed by atoms with Crippen LogP contribution >= 0.6 is 11.3 Å². The largest absolute Gasteiger partial charge is 0.462 e. The lowest BCUT2D eigenvalue weighted by atomic mass is 10.3. The minimum atomic E-state index is -0.367. The minimum Gasteiger partial charge on any atom is -0.462 e. The summed E-state index contributed by atoms with van der Waals surface area (Å²) in [6.45, 7) is 0.379. The third-order valence-electron chi connectivity index (χ3n) is 2.18. The van der Waals surface area contributed by atoms with Crippen LogP contribution in [0.3, 0.4) is 0 Å². The van der Waals surface area contributed by atoms with Crippen molar-refractivity contribution in [3.8, 4) is 0 Å². The van der Waals surface area contributed by atoms with Crippen LogP contribution in [0.1, 0.15) is 15.2 Å². The first-order valence-electron chi connectivity index (χ1n) is 5.17. The fraction of sp³-hybridized carbons (Fsp3) is 0.167. The van der Waals surface area contributed by atoms with Crippen molar-refractivity contribution in [3.63, 3.8) is 0 Å². The van der Waals surface area contributed by atoms with Crippen LogP contribution in [0.15, 0.2) is 35.8 Å². The molecule has 2 aromatic rings. The van der Waals surface area contributed by atoms with Crippen molar-refractivity contribution in [2.24, 2.45) is 0 Å². The van der Waals surface area contributed by atoms with Crippen molar-refractivity contribution in [1.29, 1.82) is 0 Å². The number of anilines is 1. The van der Waals surface area contributed by atoms with E-state index in [0.717, 1.165) is 6.42 Å². The summed E-state index contributed by atoms with van der Waals surface area (Å²) in [5.74, 6) is 0.0224. The fourth-order valence-corrected chi connectivity index (χ4v) is 2.00. The predicted octanol–water partition coefficient (Wildman–Crippen LogP) is 2.12. The van der Waals surface area contributed by atoms with E-state index in [0.29, 0.717) is 18.0 Å². The van der Waals surface area contributed by atoms with Gasteiger partial charge in [-0.1, -0.05) is 6.07 Å². The first-order chi connectivity index (χ1) is 8.25. The number of hydrogen-bond acceptors (Lipinski definition) is 5. The smallest absolute Gasteiger partial charge is 0.339 e. The number of rotatable bonds is 4. The Bertz CT molecular complexity index is 480. The molecule has 0 bridgehead atoms. The molecule has 0 radical (unpaired) electrons. The van der Waals surface area contributed by atoms with Gasteiger partial charge in [0.2, 0.25) is 0 Å². The van der Waals surface area contributed by atoms with Gasteiger partial charge < -0.3 is 10.5 Å². The van der Waals surface area contributed by atoms with Gasteiger partial charge in [0.05, 0.1) is 12.2 Å². The molecule has 0 aromatic carbocycles. The highest BCUT2D eigenvalue weighted by atomic mass is 32.1. The summed E-state index contributed by atoms with van der Waals surface area (Å²) in [6.07, 6.45) is 2.16. The molecule has 0 aliphatic rings. The quantitative estimate of drug-likeness (QED) is 0.842. The Labute approximate surface area is 103 Å². The average molecular weight is 248 g/mol. The lowest BCUT2D eigenvalue weighted by Gasteiger charge is -2.03. The molecule has 0 saturated carbocycles. The van der Waals surface area contributed by atoms with Gasteiger partial charge in [0, 0.05) is 17.5 Å². The molecule has 4 nitrogen and oxygen atoms in total. The summed E-state index contributed by atoms with van der Waals surface area (Å²) in [6, 6.07) is 7.18. The first kappa shape index (κ1) is 11.6. The van der Waals surface area contributed by atoms with E-state index >= 15 is 0 Å². The topological polar surface area (TPSA) is 65.2 Å². The molecule has 2 N–H and O–H groups in total. The van der Waals surface area contributed by atoms with E-state index < -0.39 is 0 Å². The number of thiophene rings is 1. The number of pyridine rings is 1. The highest BCUT2D eigenvalue weighted by Crippen LogP contribution is 2.10. The Hall–Kier alpha value is -1.88. The first-order valence-corrected chi connectivity index (χ1v) is 6.05. The van der Waals surface area contributed by atoms with Crippen molar-refractivity contribution in [2.75, 3.05) is 12.3 Å². The second-order valence-electron chi connectivity index (χ2n) is 3.44. The van der Waals surface area contributed by atoms with E-state index in [4.69, 9.17) is 10.5 Å². The van der Waals surface area contributed by atoms with E-state index in [1.807, 2.05) is 17.5 Å². The monoisotopic (exact) mass is 248 g/mol. The van der Waals surface area contributed by atoms with Crippen LogP contribution in [-0.2, 0) is 11.2 Å². The second-order valence-corrected chi connectivity index (χ2v) is 4.47. The van der Waals surface area contributed by atoms with E-state index in [9.17, 15) is 4.79 Å². The average Bonchev–Trinajstić information content (AvgIpc) is 2.83. The summed E-state index contributed by atoms with van der Waals surface area (Å²) in [5, 5.41) is 2.00. The lowest BCUT2D eigenvalue weighted by Crippen LogP contribution is -2.08. The van der Waals surface area contributed by atoms with E-state index in [2.05, 4.69) is 4.98 Å². The molecule has 0 unspecified atom stereocenters. The number of ether oxygens (including phenoxy) is 1. The van der Waals surface area contributed by atoms with Crippen LogP contribution in [0.2, 0.25) is 0 Å². The van der Waals surface area contributed by atoms with Gasteiger partial charge in [-0.15, -0.1) is 11.3 Å². The van der Waals surface area contributed by atoms with Gasteiger partial charge in [0.15, 0.2) is 0 Å². The molecule has 2 heterocycles. The van der Waals surface area contributed by atoms with Gasteiger partial charge in [0.1, 0.15) is 5.82 Å². The summed E-state index contributed by atoms with van der Waals surface area (Å²) < 4.78 is 5.13. The van der Waals surface area contributed by atoms with Crippen molar-refractivity contribution in [2.45, 2.75) is 6.42 Å². The van der Waals surface area contributed by atoms with Crippen LogP contribution in [0.5, 0.6) is 0 Å². The van der Waals surface area contributed by atoms with Crippen LogP contribution in [0, 0.1) is 0 Å². The Balaban J connectivity index is 1.83. The van der Waals surface area contributed by atoms with Crippen molar-refractivity contribution >= 4 is 23.1 Å². The van der Waals surface area contributed by atoms with Crippen molar-refractivity contribution < 1.29 is 9.53 Å². The molecular weight excluding hydrogens is 236 g/mol. The van der Waals surface area contributed by atoms with Gasteiger partial charge in [-0.25, -0.2) is 9.78 Å². The maximum atomic E-state index is 11.6. The zero-order valence-electron chi connectivity index (χ0n) is 9.13. The van der Waals surface area contributed by atoms with Gasteiger partial charge in [0.25, 0.3) is 0 Å². The van der Waals surface area contributed by atoms with Crippen molar-refractivity contribution in [1.82, 2.24) is 4.98 Å². The van der Waals surface area contributed by atoms with Crippen LogP contribution in [-0.4, -0.2) is 17.6 Å². The second kappa shape index (κ2) is 5.45. The highest BCUT2D eigenvalue weighted by Gasteiger charge is 2.07. The molecule has 0 aliphatic heterocycles. The summed E-state index contributed by atoms with van der Waals surface area (Å²) in [7, 11) is 0. The molecule has 0 spiro atoms. The zero-order valence-corrected chi connectivity index (χ0v) is 9.94. The Morgan fingerprint density at radius 2 is 2.29 bits per heavy atom. The molecule has 0 aliphatic carbocycles. The summed E-state index contributed by atoms with van der Waals surface area (Å²) in [4.78, 5) is 16.6. The van der Waals surface area contributed by atoms with E-state index in [1.165, 1.54) is 11.1 Å². The van der Waals surface area contributed by atoms with E-state index in [-0.39, 0.29) is 5.97 Å². The van der Waals surface area contributed by atoms with Gasteiger partial charge in [-0.3, -0.25) is 0 Å². The molecule has 0 amide bonds. The number of nitrogens with zero attached hydrogens (tertiary/aromatic N) is 1. The van der Waals surface area contributed by atoms with Crippen LogP contribution < -0.4 is 5.73 Å². The predicted molar refractivity (Wildman–Crippen MR) is 67.0 cm³/mol. The molecule has 0 atom stereocenters. The fourth-order valence-electron chi connectivity index (χ4n) is 1.31. The van der Waals surface area contributed by atoms with Crippen LogP contribution in [0.25, 0.3) is 0 Å². The molecule has 5 heteroatoms. The third kappa shape index (κ3) is 3.29. The number of esters is 1. The normalized spacial score (nSPS) is 10.1. The standard InChI is InChI=1S/C12H12N2O2S/c13-11-4-3-9(8-14-11)12(15)16-6-5-10-2-1-7-17-10/h1-4,7-8H,5-6H2,(H2,13,14). The molecule has 0 saturated heterocycles. The molecule has 88 valence electrons. The molecular formula is C12H12N2O2S. The number of aromatic nitrogens is 1. The Morgan fingerprint density at radius 3 is 2.94 bits per heavy atom. The van der Waals surface area contributed by atoms with Crippen LogP contribution in [0.4, 0.5) is 5.82 Å². The van der Waals surface area contributed by atoms with Gasteiger partial charge in [-0.05, 0) is 23.6 Å². The molecule has 0 fully saturated rings. The number of nitrogen functional groups attached to an aromatic ring is 1. The lowest BCUT2D eigenvalue weighted by molar-refractivity contribution is 0.0509.